The number of nitrogens with zero attached hydrogens (tertiary/aromatic N) is 2. The van der Waals surface area contributed by atoms with E-state index in [-0.39, 0.29) is 24.0 Å². The minimum absolute atomic E-state index is 0.0128. The van der Waals surface area contributed by atoms with Gasteiger partial charge in [0, 0.05) is 29.0 Å². The molecule has 1 aliphatic rings. The first-order chi connectivity index (χ1) is 15.8. The number of carbonyl (C=O) groups excluding carboxylic acids is 2. The molecule has 1 N–H and O–H groups in total. The van der Waals surface area contributed by atoms with Gasteiger partial charge >= 0.3 is 0 Å². The summed E-state index contributed by atoms with van der Waals surface area (Å²) in [5.74, 6) is -0.945. The molecule has 168 valence electrons. The van der Waals surface area contributed by atoms with E-state index in [1.807, 2.05) is 44.2 Å². The number of Topliss-reactive ketones (excluding diaryl/α,β-unsaturated/α-hetero) is 1. The first kappa shape index (κ1) is 22.7. The van der Waals surface area contributed by atoms with Crippen molar-refractivity contribution >= 4 is 33.4 Å². The molecule has 7 heteroatoms. The SMILES string of the molecule is CC(C)Oc1ccc(/C(O)=C2/C(=O)C(=O)N(Cc3cccnc3)C2c2cccc(Br)c2)cc1. The number of pyridine rings is 1. The zero-order chi connectivity index (χ0) is 23.5. The van der Waals surface area contributed by atoms with Crippen LogP contribution in [0.15, 0.2) is 83.1 Å². The number of aliphatic hydroxyl groups is 1. The summed E-state index contributed by atoms with van der Waals surface area (Å²) in [5, 5.41) is 11.2. The third-order valence-corrected chi connectivity index (χ3v) is 5.77. The summed E-state index contributed by atoms with van der Waals surface area (Å²) >= 11 is 3.46. The second-order valence-electron chi connectivity index (χ2n) is 8.03. The predicted molar refractivity (Wildman–Crippen MR) is 128 cm³/mol. The summed E-state index contributed by atoms with van der Waals surface area (Å²) in [6, 6.07) is 17.1. The van der Waals surface area contributed by atoms with E-state index in [1.54, 1.807) is 42.7 Å². The number of aromatic nitrogens is 1. The zero-order valence-electron chi connectivity index (χ0n) is 18.2. The molecule has 0 radical (unpaired) electrons. The van der Waals surface area contributed by atoms with E-state index in [0.29, 0.717) is 16.9 Å². The highest BCUT2D eigenvalue weighted by molar-refractivity contribution is 9.10. The van der Waals surface area contributed by atoms with Gasteiger partial charge < -0.3 is 14.7 Å². The summed E-state index contributed by atoms with van der Waals surface area (Å²) in [4.78, 5) is 31.8. The summed E-state index contributed by atoms with van der Waals surface area (Å²) in [6.07, 6.45) is 3.32. The molecule has 1 unspecified atom stereocenters. The number of ketones is 1. The summed E-state index contributed by atoms with van der Waals surface area (Å²) in [7, 11) is 0. The van der Waals surface area contributed by atoms with Gasteiger partial charge in [0.2, 0.25) is 0 Å². The maximum Gasteiger partial charge on any atom is 0.295 e. The maximum atomic E-state index is 13.1. The van der Waals surface area contributed by atoms with Crippen LogP contribution in [0.25, 0.3) is 5.76 Å². The van der Waals surface area contributed by atoms with Crippen LogP contribution in [0, 0.1) is 0 Å². The molecule has 1 atom stereocenters. The average Bonchev–Trinajstić information content (AvgIpc) is 3.04. The zero-order valence-corrected chi connectivity index (χ0v) is 19.8. The van der Waals surface area contributed by atoms with E-state index in [0.717, 1.165) is 10.0 Å². The Bertz CT molecular complexity index is 1210. The van der Waals surface area contributed by atoms with E-state index < -0.39 is 17.7 Å². The van der Waals surface area contributed by atoms with E-state index in [1.165, 1.54) is 4.90 Å². The quantitative estimate of drug-likeness (QED) is 0.280. The predicted octanol–water partition coefficient (Wildman–Crippen LogP) is 5.25. The normalized spacial score (nSPS) is 17.6. The number of amides is 1. The number of rotatable bonds is 6. The van der Waals surface area contributed by atoms with Gasteiger partial charge in [-0.25, -0.2) is 0 Å². The van der Waals surface area contributed by atoms with Crippen LogP contribution in [-0.4, -0.2) is 32.8 Å². The van der Waals surface area contributed by atoms with Gasteiger partial charge in [-0.2, -0.15) is 0 Å². The first-order valence-electron chi connectivity index (χ1n) is 10.5. The third kappa shape index (κ3) is 4.83. The van der Waals surface area contributed by atoms with E-state index in [2.05, 4.69) is 20.9 Å². The van der Waals surface area contributed by atoms with Crippen LogP contribution < -0.4 is 4.74 Å². The van der Waals surface area contributed by atoms with Crippen LogP contribution in [0.2, 0.25) is 0 Å². The summed E-state index contributed by atoms with van der Waals surface area (Å²) in [5.41, 5.74) is 1.99. The minimum atomic E-state index is -0.741. The lowest BCUT2D eigenvalue weighted by molar-refractivity contribution is -0.140. The standard InChI is InChI=1S/C26H23BrN2O4/c1-16(2)33-21-10-8-18(9-11-21)24(30)22-23(19-6-3-7-20(27)13-19)29(26(32)25(22)31)15-17-5-4-12-28-14-17/h3-14,16,23,30H,15H2,1-2H3/b24-22-. The molecule has 4 rings (SSSR count). The average molecular weight is 507 g/mol. The molecule has 1 aliphatic heterocycles. The summed E-state index contributed by atoms with van der Waals surface area (Å²) in [6.45, 7) is 4.04. The van der Waals surface area contributed by atoms with Crippen LogP contribution in [0.1, 0.15) is 36.6 Å². The Labute approximate surface area is 200 Å². The molecule has 33 heavy (non-hydrogen) atoms. The molecule has 0 spiro atoms. The molecule has 2 aromatic carbocycles. The largest absolute Gasteiger partial charge is 0.507 e. The lowest BCUT2D eigenvalue weighted by Crippen LogP contribution is -2.29. The highest BCUT2D eigenvalue weighted by Gasteiger charge is 2.46. The van der Waals surface area contributed by atoms with Crippen LogP contribution in [0.5, 0.6) is 5.75 Å². The number of benzene rings is 2. The van der Waals surface area contributed by atoms with E-state index in [4.69, 9.17) is 4.74 Å². The van der Waals surface area contributed by atoms with Gasteiger partial charge in [0.1, 0.15) is 11.5 Å². The van der Waals surface area contributed by atoms with Crippen molar-refractivity contribution in [2.24, 2.45) is 0 Å². The summed E-state index contributed by atoms with van der Waals surface area (Å²) < 4.78 is 6.47. The Morgan fingerprint density at radius 1 is 1.12 bits per heavy atom. The molecule has 1 saturated heterocycles. The van der Waals surface area contributed by atoms with Crippen molar-refractivity contribution < 1.29 is 19.4 Å². The van der Waals surface area contributed by atoms with Crippen molar-refractivity contribution in [2.45, 2.75) is 32.5 Å². The van der Waals surface area contributed by atoms with Crippen molar-refractivity contribution in [2.75, 3.05) is 0 Å². The van der Waals surface area contributed by atoms with Crippen molar-refractivity contribution in [3.8, 4) is 5.75 Å². The molecule has 2 heterocycles. The topological polar surface area (TPSA) is 79.7 Å². The molecule has 1 aromatic heterocycles. The smallest absolute Gasteiger partial charge is 0.295 e. The lowest BCUT2D eigenvalue weighted by Gasteiger charge is -2.25. The van der Waals surface area contributed by atoms with Gasteiger partial charge in [-0.05, 0) is 67.4 Å². The molecule has 3 aromatic rings. The first-order valence-corrected chi connectivity index (χ1v) is 11.3. The number of hydrogen-bond acceptors (Lipinski definition) is 5. The fourth-order valence-corrected chi connectivity index (χ4v) is 4.29. The van der Waals surface area contributed by atoms with Crippen molar-refractivity contribution in [1.29, 1.82) is 0 Å². The molecule has 1 amide bonds. The van der Waals surface area contributed by atoms with Gasteiger partial charge in [0.15, 0.2) is 0 Å². The number of halogens is 1. The van der Waals surface area contributed by atoms with Crippen LogP contribution in [0.4, 0.5) is 0 Å². The molecular formula is C26H23BrN2O4. The Morgan fingerprint density at radius 2 is 1.88 bits per heavy atom. The van der Waals surface area contributed by atoms with Crippen LogP contribution >= 0.6 is 15.9 Å². The van der Waals surface area contributed by atoms with Gasteiger partial charge in [0.25, 0.3) is 11.7 Å². The monoisotopic (exact) mass is 506 g/mol. The number of ether oxygens (including phenoxy) is 1. The van der Waals surface area contributed by atoms with Crippen molar-refractivity contribution in [1.82, 2.24) is 9.88 Å². The lowest BCUT2D eigenvalue weighted by atomic mass is 9.95. The highest BCUT2D eigenvalue weighted by Crippen LogP contribution is 2.41. The maximum absolute atomic E-state index is 13.1. The Balaban J connectivity index is 1.80. The van der Waals surface area contributed by atoms with Gasteiger partial charge in [-0.1, -0.05) is 34.1 Å². The molecule has 0 saturated carbocycles. The van der Waals surface area contributed by atoms with E-state index in [9.17, 15) is 14.7 Å². The number of hydrogen-bond donors (Lipinski definition) is 1. The second kappa shape index (κ2) is 9.58. The Kier molecular flexibility index (Phi) is 6.60. The number of carbonyl (C=O) groups is 2. The molecule has 0 bridgehead atoms. The van der Waals surface area contributed by atoms with Gasteiger partial charge in [-0.15, -0.1) is 0 Å². The third-order valence-electron chi connectivity index (χ3n) is 5.28. The molecular weight excluding hydrogens is 484 g/mol. The molecule has 1 fully saturated rings. The fraction of sp³-hybridized carbons (Fsp3) is 0.192. The highest BCUT2D eigenvalue weighted by atomic mass is 79.9. The fourth-order valence-electron chi connectivity index (χ4n) is 3.87. The number of likely N-dealkylation sites (tertiary alicyclic amines) is 1. The van der Waals surface area contributed by atoms with Crippen LogP contribution in [-0.2, 0) is 16.1 Å². The number of aliphatic hydroxyl groups excluding tert-OH is 1. The Hall–Kier alpha value is -3.45. The Morgan fingerprint density at radius 3 is 2.52 bits per heavy atom. The minimum Gasteiger partial charge on any atom is -0.507 e. The van der Waals surface area contributed by atoms with E-state index >= 15 is 0 Å². The second-order valence-corrected chi connectivity index (χ2v) is 8.95. The molecule has 0 aliphatic carbocycles. The van der Waals surface area contributed by atoms with Gasteiger partial charge in [0.05, 0.1) is 17.7 Å². The molecule has 6 nitrogen and oxygen atoms in total. The van der Waals surface area contributed by atoms with Crippen molar-refractivity contribution in [3.05, 3.63) is 99.8 Å². The van der Waals surface area contributed by atoms with Gasteiger partial charge in [-0.3, -0.25) is 14.6 Å². The van der Waals surface area contributed by atoms with Crippen molar-refractivity contribution in [3.63, 3.8) is 0 Å². The van der Waals surface area contributed by atoms with Crippen LogP contribution in [0.3, 0.4) is 0 Å².